The highest BCUT2D eigenvalue weighted by atomic mass is 35.5. The van der Waals surface area contributed by atoms with E-state index < -0.39 is 10.0 Å². The zero-order valence-corrected chi connectivity index (χ0v) is 18.1. The number of halogens is 1. The van der Waals surface area contributed by atoms with E-state index >= 15 is 0 Å². The number of amides is 1. The first-order valence-corrected chi connectivity index (χ1v) is 11.5. The van der Waals surface area contributed by atoms with Crippen LogP contribution in [0.4, 0.5) is 0 Å². The van der Waals surface area contributed by atoms with Gasteiger partial charge in [0.05, 0.1) is 17.2 Å². The van der Waals surface area contributed by atoms with Gasteiger partial charge >= 0.3 is 0 Å². The van der Waals surface area contributed by atoms with Crippen molar-refractivity contribution in [2.45, 2.75) is 10.6 Å². The van der Waals surface area contributed by atoms with Gasteiger partial charge in [0.1, 0.15) is 12.4 Å². The average Bonchev–Trinajstić information content (AvgIpc) is 2.65. The van der Waals surface area contributed by atoms with Gasteiger partial charge in [-0.05, 0) is 42.0 Å². The molecule has 0 saturated carbocycles. The van der Waals surface area contributed by atoms with Crippen LogP contribution >= 0.6 is 23.4 Å². The lowest BCUT2D eigenvalue weighted by Crippen LogP contribution is -2.29. The molecule has 0 fully saturated rings. The molecule has 0 radical (unpaired) electrons. The zero-order valence-electron chi connectivity index (χ0n) is 15.7. The SMILES string of the molecule is CN(C)S(=O)(=O)c1ccc(OCCNC(=O)CSCc2cccc(Cl)c2)cc1. The Morgan fingerprint density at radius 3 is 2.54 bits per heavy atom. The van der Waals surface area contributed by atoms with Crippen LogP contribution in [0.3, 0.4) is 0 Å². The number of ether oxygens (including phenoxy) is 1. The number of hydrogen-bond acceptors (Lipinski definition) is 5. The van der Waals surface area contributed by atoms with E-state index in [1.165, 1.54) is 38.0 Å². The highest BCUT2D eigenvalue weighted by Gasteiger charge is 2.16. The summed E-state index contributed by atoms with van der Waals surface area (Å²) in [6.45, 7) is 0.665. The summed E-state index contributed by atoms with van der Waals surface area (Å²) in [5, 5.41) is 3.47. The molecule has 2 rings (SSSR count). The van der Waals surface area contributed by atoms with Gasteiger partial charge in [0.15, 0.2) is 0 Å². The van der Waals surface area contributed by atoms with E-state index in [-0.39, 0.29) is 10.8 Å². The van der Waals surface area contributed by atoms with Crippen LogP contribution in [0.25, 0.3) is 0 Å². The lowest BCUT2D eigenvalue weighted by Gasteiger charge is -2.12. The number of nitrogens with zero attached hydrogens (tertiary/aromatic N) is 1. The van der Waals surface area contributed by atoms with Gasteiger partial charge in [-0.15, -0.1) is 11.8 Å². The molecule has 0 saturated heterocycles. The van der Waals surface area contributed by atoms with Crippen LogP contribution in [-0.4, -0.2) is 51.6 Å². The number of nitrogens with one attached hydrogen (secondary N) is 1. The van der Waals surface area contributed by atoms with Gasteiger partial charge in [-0.25, -0.2) is 12.7 Å². The van der Waals surface area contributed by atoms with Crippen LogP contribution in [0.1, 0.15) is 5.56 Å². The van der Waals surface area contributed by atoms with Crippen LogP contribution < -0.4 is 10.1 Å². The van der Waals surface area contributed by atoms with E-state index in [1.807, 2.05) is 24.3 Å². The fourth-order valence-electron chi connectivity index (χ4n) is 2.22. The molecule has 28 heavy (non-hydrogen) atoms. The summed E-state index contributed by atoms with van der Waals surface area (Å²) in [5.74, 6) is 1.54. The Kier molecular flexibility index (Phi) is 8.62. The van der Waals surface area contributed by atoms with Crippen molar-refractivity contribution in [1.29, 1.82) is 0 Å². The third kappa shape index (κ3) is 7.01. The second-order valence-electron chi connectivity index (χ2n) is 6.08. The molecule has 0 atom stereocenters. The van der Waals surface area contributed by atoms with Gasteiger partial charge in [0.25, 0.3) is 0 Å². The van der Waals surface area contributed by atoms with Crippen LogP contribution in [0, 0.1) is 0 Å². The molecule has 2 aromatic carbocycles. The van der Waals surface area contributed by atoms with Gasteiger partial charge in [-0.1, -0.05) is 23.7 Å². The van der Waals surface area contributed by atoms with Crippen LogP contribution in [0.5, 0.6) is 5.75 Å². The number of carbonyl (C=O) groups is 1. The number of benzene rings is 2. The molecule has 2 aromatic rings. The summed E-state index contributed by atoms with van der Waals surface area (Å²) in [6, 6.07) is 13.7. The Hall–Kier alpha value is -1.74. The molecule has 0 bridgehead atoms. The van der Waals surface area contributed by atoms with Crippen molar-refractivity contribution < 1.29 is 17.9 Å². The maximum Gasteiger partial charge on any atom is 0.242 e. The third-order valence-corrected chi connectivity index (χ3v) is 6.75. The molecule has 1 N–H and O–H groups in total. The highest BCUT2D eigenvalue weighted by Crippen LogP contribution is 2.18. The minimum atomic E-state index is -3.45. The van der Waals surface area contributed by atoms with E-state index in [2.05, 4.69) is 5.32 Å². The molecular weight excluding hydrogens is 420 g/mol. The fourth-order valence-corrected chi connectivity index (χ4v) is 4.14. The standard InChI is InChI=1S/C19H23ClN2O4S2/c1-22(2)28(24,25)18-8-6-17(7-9-18)26-11-10-21-19(23)14-27-13-15-4-3-5-16(20)12-15/h3-9,12H,10-11,13-14H2,1-2H3,(H,21,23). The van der Waals surface area contributed by atoms with Crippen molar-refractivity contribution in [1.82, 2.24) is 9.62 Å². The van der Waals surface area contributed by atoms with E-state index in [1.54, 1.807) is 12.1 Å². The fraction of sp³-hybridized carbons (Fsp3) is 0.316. The molecule has 0 unspecified atom stereocenters. The Labute approximate surface area is 175 Å². The highest BCUT2D eigenvalue weighted by molar-refractivity contribution is 7.99. The first-order valence-electron chi connectivity index (χ1n) is 8.53. The Bertz CT molecular complexity index is 887. The maximum absolute atomic E-state index is 12.0. The topological polar surface area (TPSA) is 75.7 Å². The largest absolute Gasteiger partial charge is 0.492 e. The molecular formula is C19H23ClN2O4S2. The quantitative estimate of drug-likeness (QED) is 0.572. The number of rotatable bonds is 10. The predicted molar refractivity (Wildman–Crippen MR) is 113 cm³/mol. The van der Waals surface area contributed by atoms with Crippen molar-refractivity contribution in [3.8, 4) is 5.75 Å². The molecule has 0 aliphatic rings. The van der Waals surface area contributed by atoms with Crippen LogP contribution in [-0.2, 0) is 20.6 Å². The smallest absolute Gasteiger partial charge is 0.242 e. The first-order chi connectivity index (χ1) is 13.3. The molecule has 152 valence electrons. The van der Waals surface area contributed by atoms with E-state index in [9.17, 15) is 13.2 Å². The summed E-state index contributed by atoms with van der Waals surface area (Å²) in [4.78, 5) is 12.0. The first kappa shape index (κ1) is 22.5. The summed E-state index contributed by atoms with van der Waals surface area (Å²) < 4.78 is 30.7. The summed E-state index contributed by atoms with van der Waals surface area (Å²) in [5.41, 5.74) is 1.08. The molecule has 1 amide bonds. The minimum absolute atomic E-state index is 0.0666. The number of hydrogen-bond donors (Lipinski definition) is 1. The molecule has 0 aromatic heterocycles. The van der Waals surface area contributed by atoms with Crippen LogP contribution in [0.2, 0.25) is 5.02 Å². The van der Waals surface area contributed by atoms with Crippen molar-refractivity contribution >= 4 is 39.3 Å². The van der Waals surface area contributed by atoms with Gasteiger partial charge in [-0.3, -0.25) is 4.79 Å². The normalized spacial score (nSPS) is 11.4. The Morgan fingerprint density at radius 1 is 1.18 bits per heavy atom. The minimum Gasteiger partial charge on any atom is -0.492 e. The molecule has 0 aliphatic heterocycles. The van der Waals surface area contributed by atoms with E-state index in [0.29, 0.717) is 35.4 Å². The molecule has 0 spiro atoms. The summed E-state index contributed by atoms with van der Waals surface area (Å²) in [6.07, 6.45) is 0. The summed E-state index contributed by atoms with van der Waals surface area (Å²) >= 11 is 7.44. The summed E-state index contributed by atoms with van der Waals surface area (Å²) in [7, 11) is -0.487. The van der Waals surface area contributed by atoms with Crippen molar-refractivity contribution in [3.05, 3.63) is 59.1 Å². The zero-order chi connectivity index (χ0) is 20.6. The molecule has 9 heteroatoms. The van der Waals surface area contributed by atoms with Gasteiger partial charge in [0, 0.05) is 24.9 Å². The monoisotopic (exact) mass is 442 g/mol. The van der Waals surface area contributed by atoms with E-state index in [4.69, 9.17) is 16.3 Å². The van der Waals surface area contributed by atoms with Crippen LogP contribution in [0.15, 0.2) is 53.4 Å². The van der Waals surface area contributed by atoms with Crippen molar-refractivity contribution in [2.24, 2.45) is 0 Å². The van der Waals surface area contributed by atoms with Gasteiger partial charge < -0.3 is 10.1 Å². The Balaban J connectivity index is 1.66. The molecule has 0 heterocycles. The molecule has 6 nitrogen and oxygen atoms in total. The van der Waals surface area contributed by atoms with Crippen molar-refractivity contribution in [3.63, 3.8) is 0 Å². The molecule has 0 aliphatic carbocycles. The lowest BCUT2D eigenvalue weighted by molar-refractivity contribution is -0.118. The predicted octanol–water partition coefficient (Wildman–Crippen LogP) is 3.02. The average molecular weight is 443 g/mol. The second kappa shape index (κ2) is 10.7. The van der Waals surface area contributed by atoms with Crippen molar-refractivity contribution in [2.75, 3.05) is 33.0 Å². The third-order valence-electron chi connectivity index (χ3n) is 3.69. The van der Waals surface area contributed by atoms with Gasteiger partial charge in [-0.2, -0.15) is 0 Å². The number of sulfonamides is 1. The maximum atomic E-state index is 12.0. The second-order valence-corrected chi connectivity index (χ2v) is 9.65. The number of carbonyl (C=O) groups excluding carboxylic acids is 1. The van der Waals surface area contributed by atoms with E-state index in [0.717, 1.165) is 9.87 Å². The Morgan fingerprint density at radius 2 is 1.89 bits per heavy atom. The van der Waals surface area contributed by atoms with Gasteiger partial charge in [0.2, 0.25) is 15.9 Å². The number of thioether (sulfide) groups is 1. The lowest BCUT2D eigenvalue weighted by atomic mass is 10.2.